The fourth-order valence-electron chi connectivity index (χ4n) is 2.36. The van der Waals surface area contributed by atoms with Gasteiger partial charge >= 0.3 is 6.03 Å². The maximum Gasteiger partial charge on any atom is 0.323 e. The summed E-state index contributed by atoms with van der Waals surface area (Å²) in [7, 11) is 0. The summed E-state index contributed by atoms with van der Waals surface area (Å²) in [6, 6.07) is 17.8. The Morgan fingerprint density at radius 2 is 1.57 bits per heavy atom. The number of phenols is 1. The van der Waals surface area contributed by atoms with E-state index in [2.05, 4.69) is 10.6 Å². The molecule has 0 aromatic heterocycles. The molecule has 3 aromatic rings. The Balaban J connectivity index is 1.78. The Morgan fingerprint density at radius 1 is 0.929 bits per heavy atom. The highest BCUT2D eigenvalue weighted by molar-refractivity contribution is 7.79. The molecule has 0 aliphatic heterocycles. The summed E-state index contributed by atoms with van der Waals surface area (Å²) in [5, 5.41) is 15.0. The first-order valence-corrected chi connectivity index (χ1v) is 9.46. The van der Waals surface area contributed by atoms with Gasteiger partial charge in [-0.15, -0.1) is 0 Å². The number of phenolic OH excluding ortho intramolecular Hbond substituents is 1. The van der Waals surface area contributed by atoms with Crippen LogP contribution in [0.25, 0.3) is 0 Å². The van der Waals surface area contributed by atoms with Gasteiger partial charge in [-0.05, 0) is 36.4 Å². The number of aromatic hydroxyl groups is 1. The molecular formula is C19H15ClN2O5S. The molecule has 0 bridgehead atoms. The van der Waals surface area contributed by atoms with Crippen LogP contribution < -0.4 is 15.4 Å². The number of nitrogens with one attached hydrogen (secondary N) is 2. The number of rotatable bonds is 5. The third-order valence-corrected chi connectivity index (χ3v) is 4.80. The first kappa shape index (κ1) is 19.7. The van der Waals surface area contributed by atoms with Gasteiger partial charge in [0.15, 0.2) is 22.6 Å². The highest BCUT2D eigenvalue weighted by Gasteiger charge is 2.18. The zero-order valence-electron chi connectivity index (χ0n) is 14.3. The lowest BCUT2D eigenvalue weighted by atomic mass is 10.2. The van der Waals surface area contributed by atoms with Crippen LogP contribution in [0.5, 0.6) is 17.2 Å². The first-order valence-electron chi connectivity index (χ1n) is 7.98. The van der Waals surface area contributed by atoms with Crippen molar-refractivity contribution in [2.45, 2.75) is 4.90 Å². The summed E-state index contributed by atoms with van der Waals surface area (Å²) >= 11 is 3.29. The number of amides is 2. The van der Waals surface area contributed by atoms with Crippen molar-refractivity contribution in [1.29, 1.82) is 0 Å². The molecule has 1 unspecified atom stereocenters. The molecule has 0 heterocycles. The largest absolute Gasteiger partial charge is 0.504 e. The van der Waals surface area contributed by atoms with Gasteiger partial charge in [0, 0.05) is 0 Å². The van der Waals surface area contributed by atoms with Crippen LogP contribution in [0.2, 0.25) is 5.02 Å². The third kappa shape index (κ3) is 4.61. The Morgan fingerprint density at radius 3 is 2.29 bits per heavy atom. The molecule has 0 fully saturated rings. The van der Waals surface area contributed by atoms with Gasteiger partial charge in [-0.1, -0.05) is 41.9 Å². The summed E-state index contributed by atoms with van der Waals surface area (Å²) in [5.74, 6) is 0.432. The molecule has 9 heteroatoms. The summed E-state index contributed by atoms with van der Waals surface area (Å²) in [6.07, 6.45) is 0. The predicted molar refractivity (Wildman–Crippen MR) is 108 cm³/mol. The van der Waals surface area contributed by atoms with Crippen LogP contribution in [0, 0.1) is 0 Å². The highest BCUT2D eigenvalue weighted by Crippen LogP contribution is 2.35. The van der Waals surface area contributed by atoms with E-state index in [1.54, 1.807) is 36.4 Å². The summed E-state index contributed by atoms with van der Waals surface area (Å²) in [6.45, 7) is 0. The van der Waals surface area contributed by atoms with Crippen LogP contribution in [-0.2, 0) is 11.1 Å². The van der Waals surface area contributed by atoms with E-state index in [4.69, 9.17) is 16.3 Å². The SMILES string of the molecule is O=C(Nc1ccccc1Oc1ccccc1)Nc1ccc(Cl)c(S(=O)O)c1O. The van der Waals surface area contributed by atoms with Gasteiger partial charge in [-0.25, -0.2) is 9.00 Å². The van der Waals surface area contributed by atoms with Gasteiger partial charge in [-0.3, -0.25) is 0 Å². The van der Waals surface area contributed by atoms with E-state index >= 15 is 0 Å². The molecule has 1 atom stereocenters. The second-order valence-electron chi connectivity index (χ2n) is 5.51. The van der Waals surface area contributed by atoms with Crippen molar-refractivity contribution in [1.82, 2.24) is 0 Å². The van der Waals surface area contributed by atoms with E-state index in [1.807, 2.05) is 18.2 Å². The van der Waals surface area contributed by atoms with Crippen molar-refractivity contribution >= 4 is 40.1 Å². The molecule has 4 N–H and O–H groups in total. The van der Waals surface area contributed by atoms with E-state index < -0.39 is 22.9 Å². The lowest BCUT2D eigenvalue weighted by Crippen LogP contribution is -2.20. The lowest BCUT2D eigenvalue weighted by molar-refractivity contribution is 0.262. The number of ether oxygens (including phenoxy) is 1. The molecular weight excluding hydrogens is 404 g/mol. The third-order valence-electron chi connectivity index (χ3n) is 3.61. The number of carbonyl (C=O) groups excluding carboxylic acids is 1. The van der Waals surface area contributed by atoms with Crippen molar-refractivity contribution in [2.75, 3.05) is 10.6 Å². The maximum absolute atomic E-state index is 12.3. The molecule has 0 saturated heterocycles. The van der Waals surface area contributed by atoms with Crippen molar-refractivity contribution in [2.24, 2.45) is 0 Å². The van der Waals surface area contributed by atoms with Gasteiger partial charge in [0.25, 0.3) is 0 Å². The van der Waals surface area contributed by atoms with Crippen molar-refractivity contribution in [3.63, 3.8) is 0 Å². The van der Waals surface area contributed by atoms with Crippen molar-refractivity contribution < 1.29 is 23.4 Å². The van der Waals surface area contributed by atoms with E-state index in [0.29, 0.717) is 17.2 Å². The van der Waals surface area contributed by atoms with Crippen LogP contribution >= 0.6 is 11.6 Å². The number of urea groups is 1. The molecule has 3 aromatic carbocycles. The molecule has 0 aliphatic carbocycles. The number of benzene rings is 3. The molecule has 0 spiro atoms. The number of halogens is 1. The molecule has 0 aliphatic rings. The quantitative estimate of drug-likeness (QED) is 0.342. The Kier molecular flexibility index (Phi) is 6.15. The second kappa shape index (κ2) is 8.75. The van der Waals surface area contributed by atoms with Crippen LogP contribution in [0.15, 0.2) is 71.6 Å². The average molecular weight is 419 g/mol. The zero-order chi connectivity index (χ0) is 20.1. The molecule has 7 nitrogen and oxygen atoms in total. The molecule has 3 rings (SSSR count). The maximum atomic E-state index is 12.3. The number of carbonyl (C=O) groups is 1. The first-order chi connectivity index (χ1) is 13.5. The van der Waals surface area contributed by atoms with Crippen LogP contribution in [-0.4, -0.2) is 19.9 Å². The normalized spacial score (nSPS) is 11.5. The van der Waals surface area contributed by atoms with Crippen LogP contribution in [0.1, 0.15) is 0 Å². The topological polar surface area (TPSA) is 108 Å². The van der Waals surface area contributed by atoms with Gasteiger partial charge in [0.05, 0.1) is 16.4 Å². The number of hydrogen-bond acceptors (Lipinski definition) is 4. The van der Waals surface area contributed by atoms with Gasteiger partial charge < -0.3 is 25.0 Å². The second-order valence-corrected chi connectivity index (χ2v) is 6.83. The summed E-state index contributed by atoms with van der Waals surface area (Å²) in [5.41, 5.74) is 0.323. The summed E-state index contributed by atoms with van der Waals surface area (Å²) in [4.78, 5) is 12.0. The standard InChI is InChI=1S/C19H15ClN2O5S/c20-13-10-11-15(17(23)18(13)28(25)26)22-19(24)21-14-8-4-5-9-16(14)27-12-6-2-1-3-7-12/h1-11,23H,(H,25,26)(H2,21,22,24). The van der Waals surface area contributed by atoms with Crippen molar-refractivity contribution in [3.8, 4) is 17.2 Å². The van der Waals surface area contributed by atoms with Crippen LogP contribution in [0.3, 0.4) is 0 Å². The molecule has 0 saturated carbocycles. The molecule has 2 amide bonds. The summed E-state index contributed by atoms with van der Waals surface area (Å²) < 4.78 is 26.3. The molecule has 144 valence electrons. The lowest BCUT2D eigenvalue weighted by Gasteiger charge is -2.14. The Labute approximate surface area is 168 Å². The smallest absolute Gasteiger partial charge is 0.323 e. The predicted octanol–water partition coefficient (Wildman–Crippen LogP) is 5.06. The van der Waals surface area contributed by atoms with E-state index in [9.17, 15) is 18.7 Å². The Bertz CT molecular complexity index is 1030. The minimum Gasteiger partial charge on any atom is -0.504 e. The number of hydrogen-bond donors (Lipinski definition) is 4. The fraction of sp³-hybridized carbons (Fsp3) is 0. The van der Waals surface area contributed by atoms with Gasteiger partial charge in [-0.2, -0.15) is 0 Å². The zero-order valence-corrected chi connectivity index (χ0v) is 15.8. The highest BCUT2D eigenvalue weighted by atomic mass is 35.5. The molecule has 28 heavy (non-hydrogen) atoms. The van der Waals surface area contributed by atoms with Gasteiger partial charge in [0.2, 0.25) is 0 Å². The number of para-hydroxylation sites is 3. The van der Waals surface area contributed by atoms with Gasteiger partial charge in [0.1, 0.15) is 10.6 Å². The molecule has 0 radical (unpaired) electrons. The minimum absolute atomic E-state index is 0.0687. The average Bonchev–Trinajstić information content (AvgIpc) is 2.66. The monoisotopic (exact) mass is 418 g/mol. The van der Waals surface area contributed by atoms with E-state index in [-0.39, 0.29) is 15.6 Å². The Hall–Kier alpha value is -3.07. The van der Waals surface area contributed by atoms with E-state index in [0.717, 1.165) is 0 Å². The number of anilines is 2. The van der Waals surface area contributed by atoms with Crippen molar-refractivity contribution in [3.05, 3.63) is 71.8 Å². The fourth-order valence-corrected chi connectivity index (χ4v) is 3.22. The van der Waals surface area contributed by atoms with E-state index in [1.165, 1.54) is 12.1 Å². The minimum atomic E-state index is -2.52. The van der Waals surface area contributed by atoms with Crippen LogP contribution in [0.4, 0.5) is 16.2 Å².